The quantitative estimate of drug-likeness (QED) is 0.806. The van der Waals surface area contributed by atoms with Crippen molar-refractivity contribution in [3.05, 3.63) is 45.4 Å². The fraction of sp³-hybridized carbons (Fsp3) is 0.286. The average molecular weight is 277 g/mol. The van der Waals surface area contributed by atoms with Gasteiger partial charge in [0.05, 0.1) is 19.2 Å². The number of methoxy groups -OCH3 is 2. The van der Waals surface area contributed by atoms with Gasteiger partial charge >= 0.3 is 5.97 Å². The fourth-order valence-electron chi connectivity index (χ4n) is 1.73. The molecule has 0 spiro atoms. The molecule has 19 heavy (non-hydrogen) atoms. The number of carbonyl (C=O) groups excluding carboxylic acids is 1. The van der Waals surface area contributed by atoms with Crippen LogP contribution in [-0.2, 0) is 11.2 Å². The molecule has 1 aromatic heterocycles. The molecule has 0 bridgehead atoms. The number of benzene rings is 1. The van der Waals surface area contributed by atoms with Gasteiger partial charge in [0.2, 0.25) is 0 Å². The highest BCUT2D eigenvalue weighted by Gasteiger charge is 2.15. The first kappa shape index (κ1) is 13.5. The number of rotatable bonds is 4. The van der Waals surface area contributed by atoms with Crippen LogP contribution in [0.4, 0.5) is 0 Å². The smallest absolute Gasteiger partial charge is 0.357 e. The lowest BCUT2D eigenvalue weighted by Gasteiger charge is -2.01. The van der Waals surface area contributed by atoms with Crippen molar-refractivity contribution in [1.82, 2.24) is 4.98 Å². The van der Waals surface area contributed by atoms with E-state index in [2.05, 4.69) is 4.98 Å². The number of aromatic nitrogens is 1. The van der Waals surface area contributed by atoms with Gasteiger partial charge in [-0.15, -0.1) is 11.3 Å². The molecule has 0 N–H and O–H groups in total. The minimum absolute atomic E-state index is 0.380. The van der Waals surface area contributed by atoms with Crippen LogP contribution < -0.4 is 4.74 Å². The molecule has 0 radical (unpaired) electrons. The second-order valence-corrected chi connectivity index (χ2v) is 5.32. The molecule has 0 fully saturated rings. The van der Waals surface area contributed by atoms with Gasteiger partial charge in [-0.3, -0.25) is 0 Å². The van der Waals surface area contributed by atoms with Gasteiger partial charge < -0.3 is 9.47 Å². The summed E-state index contributed by atoms with van der Waals surface area (Å²) < 4.78 is 9.81. The lowest BCUT2D eigenvalue weighted by atomic mass is 10.1. The van der Waals surface area contributed by atoms with Gasteiger partial charge in [-0.2, -0.15) is 0 Å². The van der Waals surface area contributed by atoms with Gasteiger partial charge in [0, 0.05) is 11.3 Å². The largest absolute Gasteiger partial charge is 0.497 e. The Hall–Kier alpha value is -1.88. The van der Waals surface area contributed by atoms with Crippen LogP contribution in [0.25, 0.3) is 0 Å². The van der Waals surface area contributed by atoms with E-state index < -0.39 is 0 Å². The minimum Gasteiger partial charge on any atom is -0.497 e. The molecular weight excluding hydrogens is 262 g/mol. The second-order valence-electron chi connectivity index (χ2n) is 4.03. The molecule has 1 aromatic carbocycles. The van der Waals surface area contributed by atoms with E-state index in [1.807, 2.05) is 31.2 Å². The zero-order chi connectivity index (χ0) is 13.8. The SMILES string of the molecule is COC(=O)c1nc(Cc2ccc(OC)cc2)sc1C. The zero-order valence-electron chi connectivity index (χ0n) is 11.1. The van der Waals surface area contributed by atoms with Crippen molar-refractivity contribution < 1.29 is 14.3 Å². The van der Waals surface area contributed by atoms with Crippen molar-refractivity contribution in [2.75, 3.05) is 14.2 Å². The monoisotopic (exact) mass is 277 g/mol. The molecule has 0 saturated carbocycles. The molecule has 0 saturated heterocycles. The van der Waals surface area contributed by atoms with Gasteiger partial charge in [0.1, 0.15) is 5.75 Å². The van der Waals surface area contributed by atoms with E-state index in [1.165, 1.54) is 18.4 Å². The van der Waals surface area contributed by atoms with Crippen LogP contribution >= 0.6 is 11.3 Å². The molecule has 0 aliphatic carbocycles. The third kappa shape index (κ3) is 3.12. The van der Waals surface area contributed by atoms with Crippen LogP contribution in [0.3, 0.4) is 0 Å². The lowest BCUT2D eigenvalue weighted by Crippen LogP contribution is -2.03. The summed E-state index contributed by atoms with van der Waals surface area (Å²) in [5.74, 6) is 0.448. The number of ether oxygens (including phenoxy) is 2. The normalized spacial score (nSPS) is 10.3. The Labute approximate surface area is 116 Å². The molecule has 0 aliphatic heterocycles. The summed E-state index contributed by atoms with van der Waals surface area (Å²) in [6.45, 7) is 1.88. The molecule has 100 valence electrons. The van der Waals surface area contributed by atoms with Crippen molar-refractivity contribution in [2.24, 2.45) is 0 Å². The van der Waals surface area contributed by atoms with Crippen LogP contribution in [0.2, 0.25) is 0 Å². The molecule has 4 nitrogen and oxygen atoms in total. The highest BCUT2D eigenvalue weighted by molar-refractivity contribution is 7.11. The summed E-state index contributed by atoms with van der Waals surface area (Å²) in [6.07, 6.45) is 0.701. The van der Waals surface area contributed by atoms with E-state index in [0.717, 1.165) is 21.2 Å². The van der Waals surface area contributed by atoms with E-state index in [1.54, 1.807) is 7.11 Å². The summed E-state index contributed by atoms with van der Waals surface area (Å²) in [7, 11) is 3.01. The first-order valence-electron chi connectivity index (χ1n) is 5.81. The Morgan fingerprint density at radius 3 is 2.53 bits per heavy atom. The Morgan fingerprint density at radius 1 is 1.26 bits per heavy atom. The highest BCUT2D eigenvalue weighted by atomic mass is 32.1. The van der Waals surface area contributed by atoms with Gasteiger partial charge in [0.15, 0.2) is 5.69 Å². The number of hydrogen-bond donors (Lipinski definition) is 0. The molecular formula is C14H15NO3S. The topological polar surface area (TPSA) is 48.4 Å². The van der Waals surface area contributed by atoms with Gasteiger partial charge in [-0.25, -0.2) is 9.78 Å². The van der Waals surface area contributed by atoms with Crippen molar-refractivity contribution in [3.63, 3.8) is 0 Å². The summed E-state index contributed by atoms with van der Waals surface area (Å²) in [6, 6.07) is 7.81. The molecule has 0 unspecified atom stereocenters. The standard InChI is InChI=1S/C14H15NO3S/c1-9-13(14(16)18-3)15-12(19-9)8-10-4-6-11(17-2)7-5-10/h4-7H,8H2,1-3H3. The van der Waals surface area contributed by atoms with Crippen LogP contribution in [0, 0.1) is 6.92 Å². The second kappa shape index (κ2) is 5.84. The van der Waals surface area contributed by atoms with Crippen molar-refractivity contribution >= 4 is 17.3 Å². The number of hydrogen-bond acceptors (Lipinski definition) is 5. The number of nitrogens with zero attached hydrogens (tertiary/aromatic N) is 1. The molecule has 0 atom stereocenters. The summed E-state index contributed by atoms with van der Waals surface area (Å²) in [5, 5.41) is 0.906. The Bertz CT molecular complexity index is 575. The molecule has 0 amide bonds. The third-order valence-electron chi connectivity index (χ3n) is 2.73. The summed E-state index contributed by atoms with van der Waals surface area (Å²) in [4.78, 5) is 16.7. The minimum atomic E-state index is -0.380. The van der Waals surface area contributed by atoms with Crippen molar-refractivity contribution in [2.45, 2.75) is 13.3 Å². The lowest BCUT2D eigenvalue weighted by molar-refractivity contribution is 0.0594. The predicted octanol–water partition coefficient (Wildman–Crippen LogP) is 2.84. The average Bonchev–Trinajstić information content (AvgIpc) is 2.79. The maximum Gasteiger partial charge on any atom is 0.357 e. The van der Waals surface area contributed by atoms with E-state index in [0.29, 0.717) is 12.1 Å². The number of carbonyl (C=O) groups is 1. The molecule has 2 aromatic rings. The Balaban J connectivity index is 2.16. The Kier molecular flexibility index (Phi) is 4.16. The number of aryl methyl sites for hydroxylation is 1. The van der Waals surface area contributed by atoms with Gasteiger partial charge in [-0.1, -0.05) is 12.1 Å². The van der Waals surface area contributed by atoms with Crippen LogP contribution in [-0.4, -0.2) is 25.2 Å². The highest BCUT2D eigenvalue weighted by Crippen LogP contribution is 2.22. The van der Waals surface area contributed by atoms with Crippen LogP contribution in [0.15, 0.2) is 24.3 Å². The molecule has 0 aliphatic rings. The zero-order valence-corrected chi connectivity index (χ0v) is 11.9. The van der Waals surface area contributed by atoms with Gasteiger partial charge in [0.25, 0.3) is 0 Å². The third-order valence-corrected chi connectivity index (χ3v) is 3.70. The fourth-order valence-corrected chi connectivity index (χ4v) is 2.69. The van der Waals surface area contributed by atoms with E-state index in [4.69, 9.17) is 9.47 Å². The number of esters is 1. The van der Waals surface area contributed by atoms with Crippen LogP contribution in [0.1, 0.15) is 25.9 Å². The maximum absolute atomic E-state index is 11.5. The number of thiazole rings is 1. The maximum atomic E-state index is 11.5. The first-order valence-corrected chi connectivity index (χ1v) is 6.63. The van der Waals surface area contributed by atoms with Crippen LogP contribution in [0.5, 0.6) is 5.75 Å². The predicted molar refractivity (Wildman–Crippen MR) is 74.0 cm³/mol. The van der Waals surface area contributed by atoms with Crippen molar-refractivity contribution in [1.29, 1.82) is 0 Å². The molecule has 5 heteroatoms. The van der Waals surface area contributed by atoms with Gasteiger partial charge in [-0.05, 0) is 24.6 Å². The first-order chi connectivity index (χ1) is 9.13. The Morgan fingerprint density at radius 2 is 1.95 bits per heavy atom. The molecule has 1 heterocycles. The summed E-state index contributed by atoms with van der Waals surface area (Å²) in [5.41, 5.74) is 1.54. The van der Waals surface area contributed by atoms with E-state index in [9.17, 15) is 4.79 Å². The summed E-state index contributed by atoms with van der Waals surface area (Å²) >= 11 is 1.52. The molecule has 2 rings (SSSR count). The van der Waals surface area contributed by atoms with E-state index >= 15 is 0 Å². The van der Waals surface area contributed by atoms with E-state index in [-0.39, 0.29) is 5.97 Å². The van der Waals surface area contributed by atoms with Crippen molar-refractivity contribution in [3.8, 4) is 5.75 Å².